The second-order valence-electron chi connectivity index (χ2n) is 6.04. The fraction of sp³-hybridized carbons (Fsp3) is 0.263. The van der Waals surface area contributed by atoms with Gasteiger partial charge in [-0.2, -0.15) is 0 Å². The zero-order valence-electron chi connectivity index (χ0n) is 13.2. The molecule has 4 rings (SSSR count). The molecular weight excluding hydrogens is 306 g/mol. The van der Waals surface area contributed by atoms with Crippen molar-refractivity contribution in [2.45, 2.75) is 25.5 Å². The quantitative estimate of drug-likeness (QED) is 0.881. The van der Waals surface area contributed by atoms with Crippen LogP contribution in [0.3, 0.4) is 0 Å². The van der Waals surface area contributed by atoms with Gasteiger partial charge in [0.25, 0.3) is 11.8 Å². The van der Waals surface area contributed by atoms with Crippen LogP contribution in [-0.2, 0) is 6.42 Å². The topological polar surface area (TPSA) is 66.8 Å². The van der Waals surface area contributed by atoms with Crippen LogP contribution in [0.15, 0.2) is 42.5 Å². The van der Waals surface area contributed by atoms with E-state index in [9.17, 15) is 14.7 Å². The van der Waals surface area contributed by atoms with Crippen molar-refractivity contribution in [2.24, 2.45) is 0 Å². The molecule has 0 radical (unpaired) electrons. The first-order chi connectivity index (χ1) is 11.6. The van der Waals surface area contributed by atoms with Crippen molar-refractivity contribution in [2.75, 3.05) is 6.61 Å². The molecule has 0 aromatic heterocycles. The molecule has 0 saturated carbocycles. The summed E-state index contributed by atoms with van der Waals surface area (Å²) in [4.78, 5) is 26.5. The van der Waals surface area contributed by atoms with Crippen LogP contribution >= 0.6 is 0 Å². The van der Waals surface area contributed by atoms with E-state index in [0.29, 0.717) is 29.9 Å². The van der Waals surface area contributed by atoms with Crippen molar-refractivity contribution >= 4 is 11.8 Å². The molecule has 0 fully saturated rings. The number of hydrogen-bond acceptors (Lipinski definition) is 4. The van der Waals surface area contributed by atoms with Gasteiger partial charge < -0.3 is 9.84 Å². The van der Waals surface area contributed by atoms with Crippen LogP contribution in [0.4, 0.5) is 0 Å². The SMILES string of the molecule is CCOc1ccc2c(c1)C(O)C(N1C(=O)c3ccccc3C1=O)C2. The number of nitrogens with zero attached hydrogens (tertiary/aromatic N) is 1. The van der Waals surface area contributed by atoms with Gasteiger partial charge in [-0.1, -0.05) is 18.2 Å². The fourth-order valence-corrected chi connectivity index (χ4v) is 3.58. The average Bonchev–Trinajstić information content (AvgIpc) is 3.04. The molecule has 0 bridgehead atoms. The van der Waals surface area contributed by atoms with Crippen LogP contribution in [0, 0.1) is 0 Å². The molecule has 0 saturated heterocycles. The molecule has 5 nitrogen and oxygen atoms in total. The number of carbonyl (C=O) groups excluding carboxylic acids is 2. The standard InChI is InChI=1S/C19H17NO4/c1-2-24-12-8-7-11-9-16(17(21)15(11)10-12)20-18(22)13-5-3-4-6-14(13)19(20)23/h3-8,10,16-17,21H,2,9H2,1H3. The Hall–Kier alpha value is -2.66. The van der Waals surface area contributed by atoms with E-state index < -0.39 is 12.1 Å². The third-order valence-corrected chi connectivity index (χ3v) is 4.70. The van der Waals surface area contributed by atoms with Crippen LogP contribution < -0.4 is 4.74 Å². The summed E-state index contributed by atoms with van der Waals surface area (Å²) in [6, 6.07) is 11.7. The van der Waals surface area contributed by atoms with Gasteiger partial charge in [-0.05, 0) is 48.7 Å². The number of rotatable bonds is 3. The van der Waals surface area contributed by atoms with Gasteiger partial charge in [-0.25, -0.2) is 0 Å². The maximum Gasteiger partial charge on any atom is 0.261 e. The number of aliphatic hydroxyl groups is 1. The minimum atomic E-state index is -0.900. The number of imide groups is 1. The molecule has 0 spiro atoms. The minimum Gasteiger partial charge on any atom is -0.494 e. The van der Waals surface area contributed by atoms with Gasteiger partial charge in [-0.3, -0.25) is 14.5 Å². The van der Waals surface area contributed by atoms with E-state index in [1.54, 1.807) is 30.3 Å². The number of fused-ring (bicyclic) bond motifs is 2. The summed E-state index contributed by atoms with van der Waals surface area (Å²) >= 11 is 0. The van der Waals surface area contributed by atoms with Gasteiger partial charge in [0.05, 0.1) is 23.8 Å². The maximum absolute atomic E-state index is 12.6. The molecule has 2 aliphatic rings. The van der Waals surface area contributed by atoms with E-state index in [0.717, 1.165) is 11.1 Å². The summed E-state index contributed by atoms with van der Waals surface area (Å²) in [6.45, 7) is 2.43. The minimum absolute atomic E-state index is 0.336. The van der Waals surface area contributed by atoms with Gasteiger partial charge in [0.15, 0.2) is 0 Å². The van der Waals surface area contributed by atoms with Gasteiger partial charge in [0.2, 0.25) is 0 Å². The van der Waals surface area contributed by atoms with Crippen molar-refractivity contribution in [1.82, 2.24) is 4.90 Å². The highest BCUT2D eigenvalue weighted by Gasteiger charge is 2.45. The van der Waals surface area contributed by atoms with Crippen LogP contribution in [0.2, 0.25) is 0 Å². The van der Waals surface area contributed by atoms with Gasteiger partial charge in [0, 0.05) is 0 Å². The lowest BCUT2D eigenvalue weighted by Crippen LogP contribution is -2.42. The molecule has 122 valence electrons. The molecule has 2 unspecified atom stereocenters. The normalized spacial score (nSPS) is 21.8. The molecule has 2 atom stereocenters. The van der Waals surface area contributed by atoms with Crippen LogP contribution in [0.25, 0.3) is 0 Å². The lowest BCUT2D eigenvalue weighted by atomic mass is 10.1. The Bertz CT molecular complexity index is 810. The first kappa shape index (κ1) is 14.9. The molecule has 1 aliphatic heterocycles. The molecule has 2 aromatic rings. The molecule has 2 amide bonds. The van der Waals surface area contributed by atoms with Crippen molar-refractivity contribution in [1.29, 1.82) is 0 Å². The number of hydrogen-bond donors (Lipinski definition) is 1. The van der Waals surface area contributed by atoms with Crippen molar-refractivity contribution < 1.29 is 19.4 Å². The molecule has 2 aromatic carbocycles. The summed E-state index contributed by atoms with van der Waals surface area (Å²) in [5.74, 6) is 0.00767. The third kappa shape index (κ3) is 2.05. The summed E-state index contributed by atoms with van der Waals surface area (Å²) in [5.41, 5.74) is 2.47. The predicted octanol–water partition coefficient (Wildman–Crippen LogP) is 2.34. The van der Waals surface area contributed by atoms with Crippen LogP contribution in [0.5, 0.6) is 5.75 Å². The van der Waals surface area contributed by atoms with Crippen molar-refractivity contribution in [3.05, 3.63) is 64.7 Å². The lowest BCUT2D eigenvalue weighted by molar-refractivity contribution is 0.0383. The second kappa shape index (κ2) is 5.46. The predicted molar refractivity (Wildman–Crippen MR) is 87.0 cm³/mol. The third-order valence-electron chi connectivity index (χ3n) is 4.70. The second-order valence-corrected chi connectivity index (χ2v) is 6.04. The van der Waals surface area contributed by atoms with E-state index >= 15 is 0 Å². The summed E-state index contributed by atoms with van der Waals surface area (Å²) in [5, 5.41) is 10.7. The Balaban J connectivity index is 1.67. The highest BCUT2D eigenvalue weighted by Crippen LogP contribution is 2.39. The van der Waals surface area contributed by atoms with E-state index in [-0.39, 0.29) is 11.8 Å². The smallest absolute Gasteiger partial charge is 0.261 e. The van der Waals surface area contributed by atoms with Gasteiger partial charge in [-0.15, -0.1) is 0 Å². The number of aliphatic hydroxyl groups excluding tert-OH is 1. The molecule has 1 N–H and O–H groups in total. The van der Waals surface area contributed by atoms with Gasteiger partial charge >= 0.3 is 0 Å². The average molecular weight is 323 g/mol. The Morgan fingerprint density at radius 2 is 1.79 bits per heavy atom. The number of ether oxygens (including phenoxy) is 1. The molecular formula is C19H17NO4. The molecule has 1 aliphatic carbocycles. The highest BCUT2D eigenvalue weighted by molar-refractivity contribution is 6.21. The zero-order chi connectivity index (χ0) is 16.8. The van der Waals surface area contributed by atoms with Crippen LogP contribution in [-0.4, -0.2) is 34.5 Å². The van der Waals surface area contributed by atoms with E-state index in [1.165, 1.54) is 4.90 Å². The lowest BCUT2D eigenvalue weighted by Gasteiger charge is -2.25. The van der Waals surface area contributed by atoms with Crippen molar-refractivity contribution in [3.8, 4) is 5.75 Å². The first-order valence-corrected chi connectivity index (χ1v) is 8.02. The number of carbonyl (C=O) groups is 2. The summed E-state index contributed by atoms with van der Waals surface area (Å²) < 4.78 is 5.47. The summed E-state index contributed by atoms with van der Waals surface area (Å²) in [7, 11) is 0. The molecule has 24 heavy (non-hydrogen) atoms. The molecule has 5 heteroatoms. The van der Waals surface area contributed by atoms with Crippen molar-refractivity contribution in [3.63, 3.8) is 0 Å². The maximum atomic E-state index is 12.6. The summed E-state index contributed by atoms with van der Waals surface area (Å²) in [6.07, 6.45) is -0.448. The largest absolute Gasteiger partial charge is 0.494 e. The first-order valence-electron chi connectivity index (χ1n) is 8.02. The van der Waals surface area contributed by atoms with E-state index in [4.69, 9.17) is 4.74 Å². The monoisotopic (exact) mass is 323 g/mol. The number of benzene rings is 2. The van der Waals surface area contributed by atoms with Gasteiger partial charge in [0.1, 0.15) is 11.9 Å². The Morgan fingerprint density at radius 1 is 1.12 bits per heavy atom. The zero-order valence-corrected chi connectivity index (χ0v) is 13.2. The van der Waals surface area contributed by atoms with Crippen LogP contribution in [0.1, 0.15) is 44.9 Å². The Labute approximate surface area is 139 Å². The number of amides is 2. The van der Waals surface area contributed by atoms with E-state index in [2.05, 4.69) is 0 Å². The molecule has 1 heterocycles. The highest BCUT2D eigenvalue weighted by atomic mass is 16.5. The Kier molecular flexibility index (Phi) is 3.39. The van der Waals surface area contributed by atoms with E-state index in [1.807, 2.05) is 19.1 Å². The fourth-order valence-electron chi connectivity index (χ4n) is 3.58. The Morgan fingerprint density at radius 3 is 2.42 bits per heavy atom.